The molecule has 0 aliphatic heterocycles. The third kappa shape index (κ3) is 12.8. The van der Waals surface area contributed by atoms with Crippen LogP contribution in [-0.2, 0) is 19.7 Å². The van der Waals surface area contributed by atoms with Crippen LogP contribution in [0.2, 0.25) is 0 Å². The number of nitrogen functional groups attached to an aromatic ring is 2. The van der Waals surface area contributed by atoms with Crippen molar-refractivity contribution in [1.82, 2.24) is 0 Å². The van der Waals surface area contributed by atoms with Gasteiger partial charge in [-0.3, -0.25) is 19.2 Å². The first-order chi connectivity index (χ1) is 27.4. The fraction of sp³-hybridized carbons (Fsp3) is 0.0698. The summed E-state index contributed by atoms with van der Waals surface area (Å²) < 4.78 is 49.8. The zero-order valence-corrected chi connectivity index (χ0v) is 34.0. The van der Waals surface area contributed by atoms with Gasteiger partial charge in [-0.1, -0.05) is 37.8 Å². The van der Waals surface area contributed by atoms with Crippen molar-refractivity contribution in [2.45, 2.75) is 33.9 Å². The fourth-order valence-corrected chi connectivity index (χ4v) is 7.69. The molecule has 0 saturated carbocycles. The summed E-state index contributed by atoms with van der Waals surface area (Å²) in [4.78, 5) is 45.9. The molecular formula is C43H40Cl2N4O8S2. The van der Waals surface area contributed by atoms with Crippen LogP contribution in [0.1, 0.15) is 55.8 Å². The maximum Gasteiger partial charge on any atom is 0.255 e. The highest BCUT2D eigenvalue weighted by atomic mass is 35.5. The molecule has 0 aliphatic carbocycles. The van der Waals surface area contributed by atoms with Crippen molar-refractivity contribution in [3.05, 3.63) is 168 Å². The number of amides is 1. The number of halogens is 2. The van der Waals surface area contributed by atoms with Crippen molar-refractivity contribution >= 4 is 87.8 Å². The maximum absolute atomic E-state index is 12.8. The van der Waals surface area contributed by atoms with E-state index >= 15 is 0 Å². The van der Waals surface area contributed by atoms with E-state index < -0.39 is 30.2 Å². The molecule has 0 fully saturated rings. The Morgan fingerprint density at radius 2 is 0.814 bits per heavy atom. The number of hydrogen-bond acceptors (Lipinski definition) is 11. The van der Waals surface area contributed by atoms with Gasteiger partial charge in [-0.15, -0.1) is 0 Å². The highest BCUT2D eigenvalue weighted by Crippen LogP contribution is 2.25. The molecule has 0 radical (unpaired) electrons. The summed E-state index contributed by atoms with van der Waals surface area (Å²) in [5.74, 6) is -0.511. The zero-order chi connectivity index (χ0) is 42.6. The summed E-state index contributed by atoms with van der Waals surface area (Å²) in [5, 5.41) is 4.44. The lowest BCUT2D eigenvalue weighted by molar-refractivity contribution is 0.101. The molecule has 0 bridgehead atoms. The van der Waals surface area contributed by atoms with E-state index in [0.717, 1.165) is 5.69 Å². The van der Waals surface area contributed by atoms with Gasteiger partial charge in [-0.05, 0) is 145 Å². The molecule has 0 atom stereocenters. The van der Waals surface area contributed by atoms with Crippen molar-refractivity contribution in [2.24, 2.45) is 0 Å². The lowest BCUT2D eigenvalue weighted by atomic mass is 10.1. The molecule has 6 N–H and O–H groups in total. The molecule has 0 heterocycles. The molecule has 1 amide bonds. The number of benzene rings is 6. The summed E-state index contributed by atoms with van der Waals surface area (Å²) in [7, 11) is -5.38. The number of anilines is 4. The van der Waals surface area contributed by atoms with Crippen molar-refractivity contribution in [3.8, 4) is 0 Å². The number of nitrogens with two attached hydrogens (primary N) is 2. The normalized spacial score (nSPS) is 10.6. The SMILES string of the molecule is C.CNc1ccc(S(=O)(=O)c2ccc(NC(=O)c3cccc(C(C)=O)c3)cc2)cc1.Nc1ccc(S(=O)(=O)c2ccc(N)cc2)cc1.O=C(Cl)c1cccc(C(=O)Cl)c1. The topological polar surface area (TPSA) is 213 Å². The Balaban J connectivity index is 0.000000262. The minimum atomic E-state index is -3.65. The van der Waals surface area contributed by atoms with Gasteiger partial charge in [0, 0.05) is 52.1 Å². The van der Waals surface area contributed by atoms with Gasteiger partial charge in [0.1, 0.15) is 0 Å². The van der Waals surface area contributed by atoms with E-state index in [4.69, 9.17) is 34.7 Å². The number of carbonyl (C=O) groups excluding carboxylic acids is 4. The van der Waals surface area contributed by atoms with Gasteiger partial charge in [0.2, 0.25) is 19.7 Å². The van der Waals surface area contributed by atoms with Gasteiger partial charge in [0.15, 0.2) is 5.78 Å². The fourth-order valence-electron chi connectivity index (χ4n) is 4.93. The summed E-state index contributed by atoms with van der Waals surface area (Å²) in [6.45, 7) is 1.43. The van der Waals surface area contributed by atoms with E-state index in [1.54, 1.807) is 79.8 Å². The number of rotatable bonds is 10. The van der Waals surface area contributed by atoms with Gasteiger partial charge in [0.25, 0.3) is 16.4 Å². The molecule has 6 aromatic rings. The third-order valence-electron chi connectivity index (χ3n) is 8.10. The molecule has 6 aromatic carbocycles. The number of Topliss-reactive ketones (excluding diaryl/α,β-unsaturated/α-hetero) is 1. The summed E-state index contributed by atoms with van der Waals surface area (Å²) >= 11 is 10.4. The highest BCUT2D eigenvalue weighted by Gasteiger charge is 2.19. The van der Waals surface area contributed by atoms with Crippen LogP contribution in [0.4, 0.5) is 22.7 Å². The molecule has 59 heavy (non-hydrogen) atoms. The number of sulfone groups is 2. The number of hydrogen-bond donors (Lipinski definition) is 4. The van der Waals surface area contributed by atoms with Crippen LogP contribution in [0.3, 0.4) is 0 Å². The lowest BCUT2D eigenvalue weighted by Crippen LogP contribution is -2.12. The molecule has 16 heteroatoms. The van der Waals surface area contributed by atoms with Crippen molar-refractivity contribution in [2.75, 3.05) is 29.1 Å². The van der Waals surface area contributed by atoms with Crippen LogP contribution in [0.15, 0.2) is 165 Å². The Bertz CT molecular complexity index is 2580. The molecule has 12 nitrogen and oxygen atoms in total. The zero-order valence-electron chi connectivity index (χ0n) is 30.8. The number of ketones is 1. The van der Waals surface area contributed by atoms with Crippen molar-refractivity contribution < 1.29 is 36.0 Å². The van der Waals surface area contributed by atoms with Crippen LogP contribution < -0.4 is 22.1 Å². The molecule has 6 rings (SSSR count). The van der Waals surface area contributed by atoms with Crippen molar-refractivity contribution in [1.29, 1.82) is 0 Å². The van der Waals surface area contributed by atoms with E-state index in [1.165, 1.54) is 79.7 Å². The first kappa shape index (κ1) is 47.1. The molecule has 0 aromatic heterocycles. The lowest BCUT2D eigenvalue weighted by Gasteiger charge is -2.09. The minimum Gasteiger partial charge on any atom is -0.399 e. The average molecular weight is 876 g/mol. The smallest absolute Gasteiger partial charge is 0.255 e. The first-order valence-corrected chi connectivity index (χ1v) is 20.7. The van der Waals surface area contributed by atoms with Gasteiger partial charge < -0.3 is 22.1 Å². The maximum atomic E-state index is 12.8. The summed E-state index contributed by atoms with van der Waals surface area (Å²) in [6.07, 6.45) is 0. The second-order valence-corrected chi connectivity index (χ2v) is 16.7. The summed E-state index contributed by atoms with van der Waals surface area (Å²) in [6, 6.07) is 36.9. The van der Waals surface area contributed by atoms with Gasteiger partial charge >= 0.3 is 0 Å². The standard InChI is InChI=1S/C22H20N2O4S.C12H12N2O2S.C8H4Cl2O2.CH4/c1-15(25)16-4-3-5-17(14-16)22(26)24-19-8-12-21(13-9-19)29(27,28)20-10-6-18(23-2)7-11-20;13-9-1-5-11(6-2-9)17(15,16)12-7-3-10(14)4-8-12;9-7(11)5-2-1-3-6(4-5)8(10)12;/h3-14,23H,1-2H3,(H,24,26);1-8H,13-14H2;1-4H;1H4. The number of nitrogens with one attached hydrogen (secondary N) is 2. The largest absolute Gasteiger partial charge is 0.399 e. The molecule has 0 saturated heterocycles. The second kappa shape index (κ2) is 20.9. The van der Waals surface area contributed by atoms with E-state index in [1.807, 2.05) is 0 Å². The van der Waals surface area contributed by atoms with Crippen LogP contribution in [-0.4, -0.2) is 46.1 Å². The summed E-state index contributed by atoms with van der Waals surface area (Å²) in [5.41, 5.74) is 14.7. The monoisotopic (exact) mass is 874 g/mol. The van der Waals surface area contributed by atoms with Crippen LogP contribution in [0.5, 0.6) is 0 Å². The van der Waals surface area contributed by atoms with Gasteiger partial charge in [-0.2, -0.15) is 0 Å². The quantitative estimate of drug-likeness (QED) is 0.0580. The van der Waals surface area contributed by atoms with E-state index in [0.29, 0.717) is 28.2 Å². The van der Waals surface area contributed by atoms with E-state index in [2.05, 4.69) is 10.6 Å². The van der Waals surface area contributed by atoms with Crippen LogP contribution in [0, 0.1) is 0 Å². The predicted molar refractivity (Wildman–Crippen MR) is 233 cm³/mol. The Morgan fingerprint density at radius 1 is 0.492 bits per heavy atom. The van der Waals surface area contributed by atoms with Crippen LogP contribution in [0.25, 0.3) is 0 Å². The predicted octanol–water partition coefficient (Wildman–Crippen LogP) is 8.78. The Morgan fingerprint density at radius 3 is 1.17 bits per heavy atom. The van der Waals surface area contributed by atoms with E-state index in [9.17, 15) is 36.0 Å². The Kier molecular flexibility index (Phi) is 16.7. The molecule has 0 spiro atoms. The molecule has 0 unspecified atom stereocenters. The second-order valence-electron chi connectivity index (χ2n) is 12.2. The number of carbonyl (C=O) groups is 4. The average Bonchev–Trinajstić information content (AvgIpc) is 3.22. The Labute approximate surface area is 353 Å². The van der Waals surface area contributed by atoms with E-state index in [-0.39, 0.29) is 49.8 Å². The first-order valence-electron chi connectivity index (χ1n) is 16.9. The third-order valence-corrected chi connectivity index (χ3v) is 12.1. The molecular weight excluding hydrogens is 836 g/mol. The van der Waals surface area contributed by atoms with Crippen molar-refractivity contribution in [3.63, 3.8) is 0 Å². The molecule has 306 valence electrons. The highest BCUT2D eigenvalue weighted by molar-refractivity contribution is 7.91. The van der Waals surface area contributed by atoms with Gasteiger partial charge in [0.05, 0.1) is 19.6 Å². The minimum absolute atomic E-state index is 0. The molecule has 0 aliphatic rings. The van der Waals surface area contributed by atoms with Gasteiger partial charge in [-0.25, -0.2) is 16.8 Å². The Hall–Kier alpha value is -6.32. The van der Waals surface area contributed by atoms with Crippen LogP contribution >= 0.6 is 23.2 Å².